The van der Waals surface area contributed by atoms with Crippen LogP contribution in [0.1, 0.15) is 31.9 Å². The van der Waals surface area contributed by atoms with Crippen molar-refractivity contribution in [2.24, 2.45) is 5.92 Å². The summed E-state index contributed by atoms with van der Waals surface area (Å²) >= 11 is 0. The van der Waals surface area contributed by atoms with E-state index in [-0.39, 0.29) is 48.6 Å². The lowest BCUT2D eigenvalue weighted by atomic mass is 10.0. The van der Waals surface area contributed by atoms with Gasteiger partial charge in [-0.05, 0) is 43.2 Å². The quantitative estimate of drug-likeness (QED) is 0.644. The van der Waals surface area contributed by atoms with Crippen molar-refractivity contribution in [3.8, 4) is 5.75 Å². The number of ether oxygens (including phenoxy) is 1. The van der Waals surface area contributed by atoms with Crippen molar-refractivity contribution in [3.63, 3.8) is 0 Å². The molecule has 184 valence electrons. The molecule has 1 aromatic heterocycles. The number of aliphatic hydroxyl groups is 1. The van der Waals surface area contributed by atoms with Gasteiger partial charge in [0.2, 0.25) is 15.9 Å². The van der Waals surface area contributed by atoms with Crippen LogP contribution in [0.5, 0.6) is 5.75 Å². The lowest BCUT2D eigenvalue weighted by Gasteiger charge is -2.37. The molecule has 1 amide bonds. The molecule has 34 heavy (non-hydrogen) atoms. The minimum atomic E-state index is -3.89. The van der Waals surface area contributed by atoms with Crippen LogP contribution in [0.3, 0.4) is 0 Å². The number of allylic oxidation sites excluding steroid dienone is 1. The minimum Gasteiger partial charge on any atom is -0.487 e. The Morgan fingerprint density at radius 1 is 1.38 bits per heavy atom. The van der Waals surface area contributed by atoms with Crippen LogP contribution in [0.4, 0.5) is 0 Å². The number of rotatable bonds is 7. The summed E-state index contributed by atoms with van der Waals surface area (Å²) in [5.74, 6) is -0.0757. The van der Waals surface area contributed by atoms with Crippen LogP contribution in [0.2, 0.25) is 0 Å². The van der Waals surface area contributed by atoms with Gasteiger partial charge in [-0.15, -0.1) is 0 Å². The van der Waals surface area contributed by atoms with E-state index in [0.717, 1.165) is 11.1 Å². The van der Waals surface area contributed by atoms with Crippen molar-refractivity contribution in [2.45, 2.75) is 44.2 Å². The smallest absolute Gasteiger partial charge is 0.247 e. The Hall–Kier alpha value is -2.75. The number of amides is 1. The Kier molecular flexibility index (Phi) is 8.46. The molecule has 3 atom stereocenters. The van der Waals surface area contributed by atoms with E-state index in [2.05, 4.69) is 4.98 Å². The Morgan fingerprint density at radius 2 is 2.15 bits per heavy atom. The molecule has 3 rings (SSSR count). The van der Waals surface area contributed by atoms with Gasteiger partial charge in [0.05, 0.1) is 19.6 Å². The Bertz CT molecular complexity index is 1120. The molecule has 0 fully saturated rings. The lowest BCUT2D eigenvalue weighted by Crippen LogP contribution is -2.50. The van der Waals surface area contributed by atoms with Crippen LogP contribution in [0.15, 0.2) is 53.7 Å². The molecule has 9 heteroatoms. The van der Waals surface area contributed by atoms with E-state index in [1.165, 1.54) is 4.31 Å². The molecule has 1 N–H and O–H groups in total. The van der Waals surface area contributed by atoms with E-state index in [1.807, 2.05) is 32.1 Å². The number of sulfonamides is 1. The van der Waals surface area contributed by atoms with Gasteiger partial charge < -0.3 is 14.7 Å². The standard InChI is InChI=1S/C25H33N3O5S/c1-5-7-20-9-10-24-22(12-20)33-23(18(2)15-28(19(3)17-29)34(24,31)32)16-27(4)25(30)13-21-8-6-11-26-14-21/h5-12,14,18-19,23,29H,13,15-17H2,1-4H3/b7-5+/t18-,19+,23+/m1/s1. The van der Waals surface area contributed by atoms with E-state index >= 15 is 0 Å². The van der Waals surface area contributed by atoms with E-state index in [9.17, 15) is 18.3 Å². The molecule has 2 aromatic rings. The zero-order chi connectivity index (χ0) is 24.9. The maximum Gasteiger partial charge on any atom is 0.247 e. The molecule has 8 nitrogen and oxygen atoms in total. The fourth-order valence-corrected chi connectivity index (χ4v) is 5.77. The average Bonchev–Trinajstić information content (AvgIpc) is 2.81. The molecule has 0 bridgehead atoms. The Morgan fingerprint density at radius 3 is 2.79 bits per heavy atom. The summed E-state index contributed by atoms with van der Waals surface area (Å²) in [5.41, 5.74) is 1.63. The molecule has 0 radical (unpaired) electrons. The number of pyridine rings is 1. The second kappa shape index (κ2) is 11.1. The summed E-state index contributed by atoms with van der Waals surface area (Å²) in [4.78, 5) is 18.6. The van der Waals surface area contributed by atoms with Gasteiger partial charge >= 0.3 is 0 Å². The summed E-state index contributed by atoms with van der Waals surface area (Å²) < 4.78 is 34.6. The molecule has 1 aliphatic heterocycles. The van der Waals surface area contributed by atoms with Gasteiger partial charge in [0.1, 0.15) is 16.7 Å². The first-order valence-electron chi connectivity index (χ1n) is 11.4. The number of fused-ring (bicyclic) bond motifs is 1. The number of carbonyl (C=O) groups is 1. The van der Waals surface area contributed by atoms with E-state index in [4.69, 9.17) is 4.74 Å². The van der Waals surface area contributed by atoms with Gasteiger partial charge in [0.25, 0.3) is 0 Å². The van der Waals surface area contributed by atoms with Gasteiger partial charge in [0, 0.05) is 37.9 Å². The Balaban J connectivity index is 1.94. The van der Waals surface area contributed by atoms with Crippen molar-refractivity contribution >= 4 is 22.0 Å². The molecule has 0 saturated heterocycles. The maximum atomic E-state index is 13.5. The highest BCUT2D eigenvalue weighted by molar-refractivity contribution is 7.89. The fourth-order valence-electron chi connectivity index (χ4n) is 3.94. The number of aliphatic hydroxyl groups excluding tert-OH is 1. The molecule has 2 heterocycles. The second-order valence-corrected chi connectivity index (χ2v) is 10.6. The first-order chi connectivity index (χ1) is 16.2. The van der Waals surface area contributed by atoms with Crippen LogP contribution in [0, 0.1) is 5.92 Å². The zero-order valence-electron chi connectivity index (χ0n) is 20.1. The predicted octanol–water partition coefficient (Wildman–Crippen LogP) is 2.58. The molecule has 0 spiro atoms. The molecule has 0 saturated carbocycles. The molecule has 0 aliphatic carbocycles. The zero-order valence-corrected chi connectivity index (χ0v) is 20.9. The molecule has 1 aromatic carbocycles. The number of benzene rings is 1. The number of likely N-dealkylation sites (N-methyl/N-ethyl adjacent to an activating group) is 1. The summed E-state index contributed by atoms with van der Waals surface area (Å²) in [6, 6.07) is 8.02. The van der Waals surface area contributed by atoms with Gasteiger partial charge in [-0.2, -0.15) is 4.31 Å². The van der Waals surface area contributed by atoms with Crippen LogP contribution >= 0.6 is 0 Å². The fraction of sp³-hybridized carbons (Fsp3) is 0.440. The normalized spacial score (nSPS) is 21.2. The maximum absolute atomic E-state index is 13.5. The second-order valence-electron chi connectivity index (χ2n) is 8.76. The summed E-state index contributed by atoms with van der Waals surface area (Å²) in [6.45, 7) is 5.61. The molecule has 1 aliphatic rings. The monoisotopic (exact) mass is 487 g/mol. The summed E-state index contributed by atoms with van der Waals surface area (Å²) in [6.07, 6.45) is 6.82. The van der Waals surface area contributed by atoms with E-state index < -0.39 is 22.2 Å². The van der Waals surface area contributed by atoms with Crippen molar-refractivity contribution in [1.29, 1.82) is 0 Å². The summed E-state index contributed by atoms with van der Waals surface area (Å²) in [5, 5.41) is 9.75. The van der Waals surface area contributed by atoms with Crippen LogP contribution < -0.4 is 4.74 Å². The van der Waals surface area contributed by atoms with Gasteiger partial charge in [-0.3, -0.25) is 9.78 Å². The molecular formula is C25H33N3O5S. The molecule has 0 unspecified atom stereocenters. The van der Waals surface area contributed by atoms with Gasteiger partial charge in [0.15, 0.2) is 0 Å². The first-order valence-corrected chi connectivity index (χ1v) is 12.8. The van der Waals surface area contributed by atoms with E-state index in [0.29, 0.717) is 0 Å². The van der Waals surface area contributed by atoms with E-state index in [1.54, 1.807) is 55.5 Å². The van der Waals surface area contributed by atoms with Crippen molar-refractivity contribution in [3.05, 3.63) is 59.9 Å². The van der Waals surface area contributed by atoms with Gasteiger partial charge in [-0.1, -0.05) is 31.2 Å². The third-order valence-corrected chi connectivity index (χ3v) is 8.03. The highest BCUT2D eigenvalue weighted by Gasteiger charge is 2.38. The number of hydrogen-bond donors (Lipinski definition) is 1. The summed E-state index contributed by atoms with van der Waals surface area (Å²) in [7, 11) is -2.17. The van der Waals surface area contributed by atoms with Crippen LogP contribution in [0.25, 0.3) is 6.08 Å². The largest absolute Gasteiger partial charge is 0.487 e. The number of nitrogens with zero attached hydrogens (tertiary/aromatic N) is 3. The SMILES string of the molecule is C/C=C/c1ccc2c(c1)O[C@@H](CN(C)C(=O)Cc1cccnc1)[C@H](C)CN([C@@H](C)CO)S2(=O)=O. The van der Waals surface area contributed by atoms with Crippen molar-refractivity contribution < 1.29 is 23.1 Å². The number of hydrogen-bond acceptors (Lipinski definition) is 6. The van der Waals surface area contributed by atoms with Crippen molar-refractivity contribution in [2.75, 3.05) is 26.7 Å². The lowest BCUT2D eigenvalue weighted by molar-refractivity contribution is -0.130. The van der Waals surface area contributed by atoms with Crippen LogP contribution in [-0.2, 0) is 21.2 Å². The third-order valence-electron chi connectivity index (χ3n) is 6.01. The molecular weight excluding hydrogens is 454 g/mol. The number of carbonyl (C=O) groups excluding carboxylic acids is 1. The minimum absolute atomic E-state index is 0.0577. The highest BCUT2D eigenvalue weighted by Crippen LogP contribution is 2.34. The predicted molar refractivity (Wildman–Crippen MR) is 131 cm³/mol. The number of aromatic nitrogens is 1. The topological polar surface area (TPSA) is 100 Å². The third kappa shape index (κ3) is 5.84. The average molecular weight is 488 g/mol. The van der Waals surface area contributed by atoms with Gasteiger partial charge in [-0.25, -0.2) is 8.42 Å². The Labute approximate surface area is 201 Å². The highest BCUT2D eigenvalue weighted by atomic mass is 32.2. The first kappa shape index (κ1) is 25.9. The van der Waals surface area contributed by atoms with Crippen molar-refractivity contribution in [1.82, 2.24) is 14.2 Å². The van der Waals surface area contributed by atoms with Crippen LogP contribution in [-0.4, -0.2) is 72.5 Å².